The average Bonchev–Trinajstić information content (AvgIpc) is 2.71. The summed E-state index contributed by atoms with van der Waals surface area (Å²) >= 11 is 0. The van der Waals surface area contributed by atoms with Crippen LogP contribution in [0.5, 0.6) is 0 Å². The van der Waals surface area contributed by atoms with Crippen LogP contribution in [0.25, 0.3) is 0 Å². The molecule has 2 aromatic carbocycles. The van der Waals surface area contributed by atoms with Crippen molar-refractivity contribution in [2.45, 2.75) is 18.9 Å². The molecule has 0 bridgehead atoms. The average molecular weight is 421 g/mol. The lowest BCUT2D eigenvalue weighted by molar-refractivity contribution is 0.0651. The Bertz CT molecular complexity index is 918. The van der Waals surface area contributed by atoms with Crippen LogP contribution < -0.4 is 0 Å². The van der Waals surface area contributed by atoms with Gasteiger partial charge in [0.1, 0.15) is 12.4 Å². The van der Waals surface area contributed by atoms with Gasteiger partial charge >= 0.3 is 6.09 Å². The van der Waals surface area contributed by atoms with Crippen molar-refractivity contribution >= 4 is 16.2 Å². The fraction of sp³-hybridized carbons (Fsp3) is 0.381. The normalized spacial score (nSPS) is 19.7. The Labute approximate surface area is 170 Å². The molecule has 0 aliphatic carbocycles. The molecule has 3 rings (SSSR count). The highest BCUT2D eigenvalue weighted by molar-refractivity contribution is 7.85. The summed E-state index contributed by atoms with van der Waals surface area (Å²) in [6.07, 6.45) is 1.15. The summed E-state index contributed by atoms with van der Waals surface area (Å²) in [5, 5.41) is 0. The van der Waals surface area contributed by atoms with E-state index in [2.05, 4.69) is 0 Å². The predicted molar refractivity (Wildman–Crippen MR) is 106 cm³/mol. The van der Waals surface area contributed by atoms with Gasteiger partial charge in [-0.05, 0) is 35.6 Å². The third-order valence-electron chi connectivity index (χ3n) is 4.99. The first kappa shape index (κ1) is 21.3. The third-order valence-corrected chi connectivity index (χ3v) is 5.56. The lowest BCUT2D eigenvalue weighted by Crippen LogP contribution is -2.44. The number of carbonyl (C=O) groups is 1. The molecule has 8 heteroatoms. The van der Waals surface area contributed by atoms with Crippen molar-refractivity contribution in [2.75, 3.05) is 26.0 Å². The minimum atomic E-state index is -3.61. The number of ether oxygens (including phenoxy) is 1. The van der Waals surface area contributed by atoms with E-state index >= 15 is 0 Å². The molecule has 0 aromatic heterocycles. The van der Waals surface area contributed by atoms with Gasteiger partial charge in [0, 0.05) is 19.0 Å². The van der Waals surface area contributed by atoms with Gasteiger partial charge in [-0.15, -0.1) is 0 Å². The van der Waals surface area contributed by atoms with Gasteiger partial charge in [-0.1, -0.05) is 42.5 Å². The predicted octanol–water partition coefficient (Wildman–Crippen LogP) is 3.54. The smallest absolute Gasteiger partial charge is 0.410 e. The Hall–Kier alpha value is -2.45. The van der Waals surface area contributed by atoms with Crippen LogP contribution >= 0.6 is 0 Å². The maximum Gasteiger partial charge on any atom is 0.410 e. The van der Waals surface area contributed by atoms with E-state index in [9.17, 15) is 17.6 Å². The first-order valence-electron chi connectivity index (χ1n) is 9.37. The molecule has 1 saturated heterocycles. The van der Waals surface area contributed by atoms with Crippen LogP contribution in [0.3, 0.4) is 0 Å². The molecule has 0 N–H and O–H groups in total. The summed E-state index contributed by atoms with van der Waals surface area (Å²) in [5.74, 6) is -0.636. The largest absolute Gasteiger partial charge is 0.445 e. The molecule has 2 atom stereocenters. The highest BCUT2D eigenvalue weighted by atomic mass is 32.2. The maximum absolute atomic E-state index is 13.3. The van der Waals surface area contributed by atoms with Crippen LogP contribution in [0, 0.1) is 11.7 Å². The van der Waals surface area contributed by atoms with E-state index in [4.69, 9.17) is 8.92 Å². The van der Waals surface area contributed by atoms with Crippen molar-refractivity contribution in [1.29, 1.82) is 0 Å². The van der Waals surface area contributed by atoms with Crippen molar-refractivity contribution in [3.05, 3.63) is 71.5 Å². The highest BCUT2D eigenvalue weighted by Gasteiger charge is 2.34. The van der Waals surface area contributed by atoms with Gasteiger partial charge in [0.15, 0.2) is 0 Å². The number of benzene rings is 2. The minimum absolute atomic E-state index is 0.0458. The summed E-state index contributed by atoms with van der Waals surface area (Å²) in [7, 11) is -3.61. The molecular weight excluding hydrogens is 397 g/mol. The Morgan fingerprint density at radius 3 is 2.48 bits per heavy atom. The molecule has 29 heavy (non-hydrogen) atoms. The molecular formula is C21H24FNO5S. The lowest BCUT2D eigenvalue weighted by atomic mass is 9.81. The number of nitrogens with zero attached hydrogens (tertiary/aromatic N) is 1. The number of hydrogen-bond donors (Lipinski definition) is 0. The number of carbonyl (C=O) groups excluding carboxylic acids is 1. The zero-order valence-electron chi connectivity index (χ0n) is 16.2. The van der Waals surface area contributed by atoms with E-state index in [1.807, 2.05) is 30.3 Å². The summed E-state index contributed by atoms with van der Waals surface area (Å²) in [6.45, 7) is 0.877. The number of hydrogen-bond acceptors (Lipinski definition) is 5. The standard InChI is InChI=1S/C21H24FNO5S/c1-29(25,26)28-15-18-13-23(21(24)27-14-16-5-3-2-4-6-16)12-11-20(18)17-7-9-19(22)10-8-17/h2-10,18,20H,11-15H2,1H3. The molecule has 0 spiro atoms. The lowest BCUT2D eigenvalue weighted by Gasteiger charge is -2.38. The van der Waals surface area contributed by atoms with Crippen LogP contribution in [-0.2, 0) is 25.6 Å². The van der Waals surface area contributed by atoms with Crippen molar-refractivity contribution in [2.24, 2.45) is 5.92 Å². The summed E-state index contributed by atoms with van der Waals surface area (Å²) < 4.78 is 46.6. The monoisotopic (exact) mass is 421 g/mol. The molecule has 1 aliphatic heterocycles. The number of likely N-dealkylation sites (tertiary alicyclic amines) is 1. The molecule has 1 fully saturated rings. The summed E-state index contributed by atoms with van der Waals surface area (Å²) in [4.78, 5) is 14.1. The van der Waals surface area contributed by atoms with Crippen molar-refractivity contribution in [3.8, 4) is 0 Å². The molecule has 2 aromatic rings. The van der Waals surface area contributed by atoms with Gasteiger partial charge in [-0.25, -0.2) is 9.18 Å². The molecule has 1 heterocycles. The van der Waals surface area contributed by atoms with Gasteiger partial charge in [-0.2, -0.15) is 8.42 Å². The van der Waals surface area contributed by atoms with E-state index in [1.54, 1.807) is 17.0 Å². The van der Waals surface area contributed by atoms with Crippen molar-refractivity contribution in [1.82, 2.24) is 4.90 Å². The van der Waals surface area contributed by atoms with E-state index in [1.165, 1.54) is 12.1 Å². The zero-order chi connectivity index (χ0) is 20.9. The fourth-order valence-electron chi connectivity index (χ4n) is 3.54. The van der Waals surface area contributed by atoms with Crippen LogP contribution in [0.4, 0.5) is 9.18 Å². The Morgan fingerprint density at radius 2 is 1.83 bits per heavy atom. The zero-order valence-corrected chi connectivity index (χ0v) is 17.0. The molecule has 1 aliphatic rings. The minimum Gasteiger partial charge on any atom is -0.445 e. The second-order valence-electron chi connectivity index (χ2n) is 7.18. The molecule has 6 nitrogen and oxygen atoms in total. The Kier molecular flexibility index (Phi) is 6.87. The quantitative estimate of drug-likeness (QED) is 0.667. The molecule has 0 radical (unpaired) electrons. The van der Waals surface area contributed by atoms with Crippen molar-refractivity contribution in [3.63, 3.8) is 0 Å². The van der Waals surface area contributed by atoms with E-state index in [-0.39, 0.29) is 30.9 Å². The third kappa shape index (κ3) is 6.27. The van der Waals surface area contributed by atoms with E-state index in [0.29, 0.717) is 19.5 Å². The molecule has 0 saturated carbocycles. The van der Waals surface area contributed by atoms with Crippen LogP contribution in [-0.4, -0.2) is 45.4 Å². The van der Waals surface area contributed by atoms with Crippen LogP contribution in [0.15, 0.2) is 54.6 Å². The second kappa shape index (κ2) is 9.37. The van der Waals surface area contributed by atoms with Crippen LogP contribution in [0.2, 0.25) is 0 Å². The first-order valence-corrected chi connectivity index (χ1v) is 11.2. The SMILES string of the molecule is CS(=O)(=O)OCC1CN(C(=O)OCc2ccccc2)CCC1c1ccc(F)cc1. The Balaban J connectivity index is 1.67. The van der Waals surface area contributed by atoms with E-state index < -0.39 is 16.2 Å². The first-order chi connectivity index (χ1) is 13.8. The highest BCUT2D eigenvalue weighted by Crippen LogP contribution is 2.34. The van der Waals surface area contributed by atoms with Gasteiger partial charge < -0.3 is 9.64 Å². The maximum atomic E-state index is 13.3. The van der Waals surface area contributed by atoms with Crippen LogP contribution in [0.1, 0.15) is 23.5 Å². The van der Waals surface area contributed by atoms with Gasteiger partial charge in [-0.3, -0.25) is 4.18 Å². The topological polar surface area (TPSA) is 72.9 Å². The van der Waals surface area contributed by atoms with Gasteiger partial charge in [0.2, 0.25) is 0 Å². The molecule has 156 valence electrons. The number of halogens is 1. The molecule has 1 amide bonds. The number of amides is 1. The summed E-state index contributed by atoms with van der Waals surface area (Å²) in [5.41, 5.74) is 1.78. The number of rotatable bonds is 6. The van der Waals surface area contributed by atoms with Gasteiger partial charge in [0.25, 0.3) is 10.1 Å². The number of piperidine rings is 1. The second-order valence-corrected chi connectivity index (χ2v) is 8.83. The summed E-state index contributed by atoms with van der Waals surface area (Å²) in [6, 6.07) is 15.5. The fourth-order valence-corrected chi connectivity index (χ4v) is 3.96. The Morgan fingerprint density at radius 1 is 1.14 bits per heavy atom. The van der Waals surface area contributed by atoms with E-state index in [0.717, 1.165) is 17.4 Å². The molecule has 2 unspecified atom stereocenters. The van der Waals surface area contributed by atoms with Gasteiger partial charge in [0.05, 0.1) is 12.9 Å². The van der Waals surface area contributed by atoms with Crippen molar-refractivity contribution < 1.29 is 26.5 Å².